The maximum Gasteiger partial charge on any atom is 0.105 e. The van der Waals surface area contributed by atoms with E-state index >= 15 is 0 Å². The summed E-state index contributed by atoms with van der Waals surface area (Å²) < 4.78 is 0. The standard InChI is InChI=1S/C16H18N2S/c1-2-10-7-8-14-12(9-10)15(16(17)19)11-5-3-4-6-13(11)18-14/h7-9H,2-6H2,1H3,(H2,17,19). The van der Waals surface area contributed by atoms with E-state index in [1.54, 1.807) is 0 Å². The second kappa shape index (κ2) is 4.89. The van der Waals surface area contributed by atoms with Crippen molar-refractivity contribution in [2.24, 2.45) is 5.73 Å². The molecule has 0 atom stereocenters. The highest BCUT2D eigenvalue weighted by molar-refractivity contribution is 7.80. The van der Waals surface area contributed by atoms with Crippen LogP contribution in [0.3, 0.4) is 0 Å². The Labute approximate surface area is 119 Å². The number of aryl methyl sites for hydroxylation is 2. The van der Waals surface area contributed by atoms with Crippen LogP contribution in [-0.2, 0) is 19.3 Å². The van der Waals surface area contributed by atoms with Crippen LogP contribution >= 0.6 is 12.2 Å². The van der Waals surface area contributed by atoms with E-state index in [1.807, 2.05) is 0 Å². The molecular weight excluding hydrogens is 252 g/mol. The van der Waals surface area contributed by atoms with Crippen LogP contribution < -0.4 is 5.73 Å². The van der Waals surface area contributed by atoms with Gasteiger partial charge in [0, 0.05) is 16.6 Å². The van der Waals surface area contributed by atoms with E-state index in [9.17, 15) is 0 Å². The van der Waals surface area contributed by atoms with Crippen molar-refractivity contribution < 1.29 is 0 Å². The van der Waals surface area contributed by atoms with Crippen molar-refractivity contribution in [1.82, 2.24) is 4.98 Å². The summed E-state index contributed by atoms with van der Waals surface area (Å²) in [6.45, 7) is 2.16. The van der Waals surface area contributed by atoms with E-state index in [2.05, 4.69) is 25.1 Å². The van der Waals surface area contributed by atoms with Gasteiger partial charge in [-0.3, -0.25) is 4.98 Å². The average Bonchev–Trinajstić information content (AvgIpc) is 2.43. The third-order valence-corrected chi connectivity index (χ3v) is 4.18. The second-order valence-corrected chi connectivity index (χ2v) is 5.63. The molecule has 0 spiro atoms. The first-order chi connectivity index (χ1) is 9.20. The van der Waals surface area contributed by atoms with Gasteiger partial charge in [0.05, 0.1) is 5.52 Å². The zero-order valence-corrected chi connectivity index (χ0v) is 12.0. The molecule has 1 aliphatic rings. The lowest BCUT2D eigenvalue weighted by atomic mass is 9.89. The molecule has 1 aromatic carbocycles. The third kappa shape index (κ3) is 2.12. The highest BCUT2D eigenvalue weighted by Gasteiger charge is 2.19. The fourth-order valence-corrected chi connectivity index (χ4v) is 3.21. The Hall–Kier alpha value is -1.48. The molecule has 0 radical (unpaired) electrons. The maximum absolute atomic E-state index is 6.00. The fraction of sp³-hybridized carbons (Fsp3) is 0.375. The summed E-state index contributed by atoms with van der Waals surface area (Å²) in [6, 6.07) is 6.45. The molecule has 0 bridgehead atoms. The molecule has 2 nitrogen and oxygen atoms in total. The van der Waals surface area contributed by atoms with Crippen molar-refractivity contribution in [2.75, 3.05) is 0 Å². The number of aromatic nitrogens is 1. The van der Waals surface area contributed by atoms with E-state index < -0.39 is 0 Å². The molecular formula is C16H18N2S. The van der Waals surface area contributed by atoms with Crippen LogP contribution in [-0.4, -0.2) is 9.97 Å². The number of nitrogens with zero attached hydrogens (tertiary/aromatic N) is 1. The van der Waals surface area contributed by atoms with Gasteiger partial charge in [-0.05, 0) is 55.4 Å². The van der Waals surface area contributed by atoms with Gasteiger partial charge in [0.15, 0.2) is 0 Å². The number of hydrogen-bond donors (Lipinski definition) is 1. The largest absolute Gasteiger partial charge is 0.389 e. The number of hydrogen-bond acceptors (Lipinski definition) is 2. The smallest absolute Gasteiger partial charge is 0.105 e. The Balaban J connectivity index is 2.36. The highest BCUT2D eigenvalue weighted by atomic mass is 32.1. The minimum atomic E-state index is 0.513. The molecule has 2 aromatic rings. The number of fused-ring (bicyclic) bond motifs is 2. The predicted molar refractivity (Wildman–Crippen MR) is 83.7 cm³/mol. The first-order valence-electron chi connectivity index (χ1n) is 6.95. The lowest BCUT2D eigenvalue weighted by molar-refractivity contribution is 0.670. The molecule has 0 aliphatic heterocycles. The number of nitrogens with two attached hydrogens (primary N) is 1. The lowest BCUT2D eigenvalue weighted by Crippen LogP contribution is -2.18. The Bertz CT molecular complexity index is 661. The number of pyridine rings is 1. The third-order valence-electron chi connectivity index (χ3n) is 3.98. The summed E-state index contributed by atoms with van der Waals surface area (Å²) >= 11 is 5.30. The summed E-state index contributed by atoms with van der Waals surface area (Å²) in [5, 5.41) is 1.13. The lowest BCUT2D eigenvalue weighted by Gasteiger charge is -2.20. The quantitative estimate of drug-likeness (QED) is 0.851. The Morgan fingerprint density at radius 3 is 2.84 bits per heavy atom. The van der Waals surface area contributed by atoms with E-state index in [1.165, 1.54) is 29.7 Å². The van der Waals surface area contributed by atoms with Crippen LogP contribution in [0.15, 0.2) is 18.2 Å². The van der Waals surface area contributed by atoms with Crippen molar-refractivity contribution in [1.29, 1.82) is 0 Å². The zero-order valence-electron chi connectivity index (χ0n) is 11.2. The Kier molecular flexibility index (Phi) is 3.23. The molecule has 0 unspecified atom stereocenters. The summed E-state index contributed by atoms with van der Waals surface area (Å²) in [6.07, 6.45) is 5.56. The molecule has 19 heavy (non-hydrogen) atoms. The molecule has 98 valence electrons. The summed E-state index contributed by atoms with van der Waals surface area (Å²) in [5.74, 6) is 0. The van der Waals surface area contributed by atoms with Gasteiger partial charge < -0.3 is 5.73 Å². The van der Waals surface area contributed by atoms with E-state index in [0.29, 0.717) is 4.99 Å². The van der Waals surface area contributed by atoms with Crippen molar-refractivity contribution in [2.45, 2.75) is 39.0 Å². The van der Waals surface area contributed by atoms with Gasteiger partial charge in [0.2, 0.25) is 0 Å². The minimum absolute atomic E-state index is 0.513. The van der Waals surface area contributed by atoms with Crippen LogP contribution in [0.4, 0.5) is 0 Å². The first-order valence-corrected chi connectivity index (χ1v) is 7.35. The number of thiocarbonyl (C=S) groups is 1. The van der Waals surface area contributed by atoms with Crippen LogP contribution in [0.2, 0.25) is 0 Å². The molecule has 1 heterocycles. The van der Waals surface area contributed by atoms with Gasteiger partial charge in [-0.15, -0.1) is 0 Å². The molecule has 1 aliphatic carbocycles. The van der Waals surface area contributed by atoms with Gasteiger partial charge in [-0.2, -0.15) is 0 Å². The topological polar surface area (TPSA) is 38.9 Å². The molecule has 1 aromatic heterocycles. The number of benzene rings is 1. The average molecular weight is 270 g/mol. The maximum atomic E-state index is 6.00. The van der Waals surface area contributed by atoms with Crippen molar-refractivity contribution in [3.8, 4) is 0 Å². The van der Waals surface area contributed by atoms with Crippen molar-refractivity contribution >= 4 is 28.1 Å². The van der Waals surface area contributed by atoms with E-state index in [-0.39, 0.29) is 0 Å². The van der Waals surface area contributed by atoms with Gasteiger partial charge in [-0.1, -0.05) is 25.2 Å². The van der Waals surface area contributed by atoms with Gasteiger partial charge in [0.25, 0.3) is 0 Å². The van der Waals surface area contributed by atoms with Crippen LogP contribution in [0.25, 0.3) is 10.9 Å². The second-order valence-electron chi connectivity index (χ2n) is 5.19. The first kappa shape index (κ1) is 12.5. The van der Waals surface area contributed by atoms with Crippen LogP contribution in [0.5, 0.6) is 0 Å². The number of rotatable bonds is 2. The molecule has 3 heteroatoms. The van der Waals surface area contributed by atoms with Crippen molar-refractivity contribution in [3.05, 3.63) is 40.6 Å². The fourth-order valence-electron chi connectivity index (χ4n) is 2.97. The minimum Gasteiger partial charge on any atom is -0.389 e. The van der Waals surface area contributed by atoms with E-state index in [4.69, 9.17) is 22.9 Å². The van der Waals surface area contributed by atoms with Gasteiger partial charge in [0.1, 0.15) is 4.99 Å². The molecule has 0 saturated heterocycles. The molecule has 0 amide bonds. The Morgan fingerprint density at radius 2 is 2.11 bits per heavy atom. The summed E-state index contributed by atoms with van der Waals surface area (Å²) in [7, 11) is 0. The summed E-state index contributed by atoms with van der Waals surface area (Å²) in [5.41, 5.74) is 11.9. The highest BCUT2D eigenvalue weighted by Crippen LogP contribution is 2.29. The SMILES string of the molecule is CCc1ccc2nc3c(c(C(N)=S)c2c1)CCCC3. The predicted octanol–water partition coefficient (Wildman–Crippen LogP) is 3.31. The molecule has 0 fully saturated rings. The molecule has 2 N–H and O–H groups in total. The summed E-state index contributed by atoms with van der Waals surface area (Å²) in [4.78, 5) is 5.33. The van der Waals surface area contributed by atoms with Crippen LogP contribution in [0.1, 0.15) is 42.1 Å². The van der Waals surface area contributed by atoms with E-state index in [0.717, 1.165) is 35.7 Å². The molecule has 3 rings (SSSR count). The van der Waals surface area contributed by atoms with Crippen molar-refractivity contribution in [3.63, 3.8) is 0 Å². The zero-order chi connectivity index (χ0) is 13.4. The van der Waals surface area contributed by atoms with Gasteiger partial charge in [-0.25, -0.2) is 0 Å². The van der Waals surface area contributed by atoms with Gasteiger partial charge >= 0.3 is 0 Å². The monoisotopic (exact) mass is 270 g/mol. The Morgan fingerprint density at radius 1 is 1.32 bits per heavy atom. The normalized spacial score (nSPS) is 14.4. The molecule has 0 saturated carbocycles. The van der Waals surface area contributed by atoms with Crippen LogP contribution in [0, 0.1) is 0 Å².